The Hall–Kier alpha value is -1.35. The van der Waals surface area contributed by atoms with Gasteiger partial charge >= 0.3 is 0 Å². The summed E-state index contributed by atoms with van der Waals surface area (Å²) in [6, 6.07) is 6.81. The van der Waals surface area contributed by atoms with E-state index in [1.807, 2.05) is 4.90 Å². The molecule has 21 heavy (non-hydrogen) atoms. The van der Waals surface area contributed by atoms with Crippen molar-refractivity contribution in [1.82, 2.24) is 0 Å². The predicted octanol–water partition coefficient (Wildman–Crippen LogP) is 3.05. The van der Waals surface area contributed by atoms with Gasteiger partial charge in [0.1, 0.15) is 0 Å². The van der Waals surface area contributed by atoms with Crippen molar-refractivity contribution in [3.8, 4) is 0 Å². The summed E-state index contributed by atoms with van der Waals surface area (Å²) in [6.07, 6.45) is 7.60. The lowest BCUT2D eigenvalue weighted by Gasteiger charge is -2.18. The van der Waals surface area contributed by atoms with Gasteiger partial charge in [-0.3, -0.25) is 4.79 Å². The van der Waals surface area contributed by atoms with Crippen molar-refractivity contribution in [1.29, 1.82) is 0 Å². The first kappa shape index (κ1) is 14.6. The number of fused-ring (bicyclic) bond motifs is 1. The largest absolute Gasteiger partial charge is 0.327 e. The number of benzene rings is 1. The zero-order valence-corrected chi connectivity index (χ0v) is 13.0. The van der Waals surface area contributed by atoms with Gasteiger partial charge < -0.3 is 10.6 Å². The van der Waals surface area contributed by atoms with Gasteiger partial charge in [0.05, 0.1) is 0 Å². The van der Waals surface area contributed by atoms with Crippen LogP contribution >= 0.6 is 0 Å². The first-order valence-electron chi connectivity index (χ1n) is 8.37. The molecule has 1 heterocycles. The number of nitrogens with two attached hydrogens (primary N) is 1. The molecule has 1 unspecified atom stereocenters. The Morgan fingerprint density at radius 3 is 2.95 bits per heavy atom. The minimum absolute atomic E-state index is 0.258. The first-order valence-corrected chi connectivity index (χ1v) is 8.37. The van der Waals surface area contributed by atoms with Gasteiger partial charge in [0.15, 0.2) is 0 Å². The molecule has 1 atom stereocenters. The summed E-state index contributed by atoms with van der Waals surface area (Å²) in [5.74, 6) is 0.638. The van der Waals surface area contributed by atoms with Crippen LogP contribution in [0.1, 0.15) is 50.2 Å². The third-order valence-corrected chi connectivity index (χ3v) is 4.66. The Labute approximate surface area is 127 Å². The van der Waals surface area contributed by atoms with Crippen LogP contribution in [0, 0.1) is 5.92 Å². The van der Waals surface area contributed by atoms with Crippen LogP contribution in [0.5, 0.6) is 0 Å². The SMILES string of the molecule is CCCCC(N)Cc1ccc2c(c1)CCN2C(=O)C1CC1. The highest BCUT2D eigenvalue weighted by Gasteiger charge is 2.36. The summed E-state index contributed by atoms with van der Waals surface area (Å²) < 4.78 is 0. The molecule has 1 aromatic rings. The number of anilines is 1. The van der Waals surface area contributed by atoms with Gasteiger partial charge in [0, 0.05) is 24.2 Å². The lowest BCUT2D eigenvalue weighted by atomic mass is 9.99. The molecule has 2 N–H and O–H groups in total. The monoisotopic (exact) mass is 286 g/mol. The number of rotatable bonds is 6. The molecule has 3 rings (SSSR count). The highest BCUT2D eigenvalue weighted by Crippen LogP contribution is 2.36. The molecular formula is C18H26N2O. The fourth-order valence-corrected chi connectivity index (χ4v) is 3.23. The Morgan fingerprint density at radius 2 is 2.24 bits per heavy atom. The summed E-state index contributed by atoms with van der Waals surface area (Å²) >= 11 is 0. The van der Waals surface area contributed by atoms with Crippen LogP contribution in [0.3, 0.4) is 0 Å². The molecule has 2 aliphatic rings. The maximum Gasteiger partial charge on any atom is 0.230 e. The summed E-state index contributed by atoms with van der Waals surface area (Å²) in [4.78, 5) is 14.3. The van der Waals surface area contributed by atoms with Crippen molar-refractivity contribution in [2.75, 3.05) is 11.4 Å². The summed E-state index contributed by atoms with van der Waals surface area (Å²) in [6.45, 7) is 3.06. The second kappa shape index (κ2) is 6.18. The topological polar surface area (TPSA) is 46.3 Å². The zero-order chi connectivity index (χ0) is 14.8. The van der Waals surface area contributed by atoms with E-state index in [2.05, 4.69) is 25.1 Å². The first-order chi connectivity index (χ1) is 10.2. The van der Waals surface area contributed by atoms with Gasteiger partial charge in [-0.05, 0) is 49.3 Å². The van der Waals surface area contributed by atoms with Crippen LogP contribution in [-0.2, 0) is 17.6 Å². The fraction of sp³-hybridized carbons (Fsp3) is 0.611. The Balaban J connectivity index is 1.66. The van der Waals surface area contributed by atoms with Crippen LogP contribution in [0.25, 0.3) is 0 Å². The zero-order valence-electron chi connectivity index (χ0n) is 13.0. The molecule has 1 saturated carbocycles. The van der Waals surface area contributed by atoms with Crippen molar-refractivity contribution in [3.05, 3.63) is 29.3 Å². The lowest BCUT2D eigenvalue weighted by Crippen LogP contribution is -2.30. The maximum atomic E-state index is 12.3. The second-order valence-electron chi connectivity index (χ2n) is 6.58. The number of amides is 1. The predicted molar refractivity (Wildman–Crippen MR) is 86.4 cm³/mol. The molecular weight excluding hydrogens is 260 g/mol. The van der Waals surface area contributed by atoms with E-state index in [0.717, 1.165) is 44.3 Å². The Kier molecular flexibility index (Phi) is 4.29. The fourth-order valence-electron chi connectivity index (χ4n) is 3.23. The molecule has 0 bridgehead atoms. The minimum atomic E-state index is 0.258. The average Bonchev–Trinajstić information content (AvgIpc) is 3.24. The Bertz CT molecular complexity index is 522. The highest BCUT2D eigenvalue weighted by atomic mass is 16.2. The smallest absolute Gasteiger partial charge is 0.230 e. The van der Waals surface area contributed by atoms with E-state index in [4.69, 9.17) is 5.73 Å². The van der Waals surface area contributed by atoms with Gasteiger partial charge in [-0.15, -0.1) is 0 Å². The van der Waals surface area contributed by atoms with Crippen LogP contribution in [0.2, 0.25) is 0 Å². The van der Waals surface area contributed by atoms with Gasteiger partial charge in [0.25, 0.3) is 0 Å². The summed E-state index contributed by atoms with van der Waals surface area (Å²) in [5.41, 5.74) is 9.97. The molecule has 3 heteroatoms. The maximum absolute atomic E-state index is 12.3. The molecule has 0 saturated heterocycles. The van der Waals surface area contributed by atoms with E-state index in [0.29, 0.717) is 11.8 Å². The third kappa shape index (κ3) is 3.29. The molecule has 0 radical (unpaired) electrons. The van der Waals surface area contributed by atoms with Crippen molar-refractivity contribution < 1.29 is 4.79 Å². The average molecular weight is 286 g/mol. The van der Waals surface area contributed by atoms with Crippen molar-refractivity contribution in [3.63, 3.8) is 0 Å². The van der Waals surface area contributed by atoms with E-state index < -0.39 is 0 Å². The molecule has 1 aromatic carbocycles. The van der Waals surface area contributed by atoms with Gasteiger partial charge in [0.2, 0.25) is 5.91 Å². The van der Waals surface area contributed by atoms with E-state index in [1.54, 1.807) is 0 Å². The summed E-state index contributed by atoms with van der Waals surface area (Å²) in [5, 5.41) is 0. The van der Waals surface area contributed by atoms with E-state index in [9.17, 15) is 4.79 Å². The van der Waals surface area contributed by atoms with Crippen LogP contribution in [-0.4, -0.2) is 18.5 Å². The van der Waals surface area contributed by atoms with Gasteiger partial charge in [-0.25, -0.2) is 0 Å². The van der Waals surface area contributed by atoms with E-state index in [1.165, 1.54) is 24.0 Å². The molecule has 1 aliphatic heterocycles. The second-order valence-corrected chi connectivity index (χ2v) is 6.58. The van der Waals surface area contributed by atoms with Crippen molar-refractivity contribution in [2.45, 2.75) is 57.9 Å². The highest BCUT2D eigenvalue weighted by molar-refractivity contribution is 5.98. The molecule has 0 spiro atoms. The van der Waals surface area contributed by atoms with Crippen molar-refractivity contribution >= 4 is 11.6 Å². The van der Waals surface area contributed by atoms with E-state index >= 15 is 0 Å². The summed E-state index contributed by atoms with van der Waals surface area (Å²) in [7, 11) is 0. The van der Waals surface area contributed by atoms with Crippen LogP contribution in [0.15, 0.2) is 18.2 Å². The number of carbonyl (C=O) groups is 1. The molecule has 114 valence electrons. The van der Waals surface area contributed by atoms with Crippen LogP contribution in [0.4, 0.5) is 5.69 Å². The lowest BCUT2D eigenvalue weighted by molar-refractivity contribution is -0.119. The third-order valence-electron chi connectivity index (χ3n) is 4.66. The number of hydrogen-bond donors (Lipinski definition) is 1. The molecule has 1 amide bonds. The number of carbonyl (C=O) groups excluding carboxylic acids is 1. The quantitative estimate of drug-likeness (QED) is 0.873. The number of unbranched alkanes of at least 4 members (excludes halogenated alkanes) is 1. The van der Waals surface area contributed by atoms with Crippen molar-refractivity contribution in [2.24, 2.45) is 11.7 Å². The molecule has 0 aromatic heterocycles. The normalized spacial score (nSPS) is 18.7. The van der Waals surface area contributed by atoms with Gasteiger partial charge in [-0.2, -0.15) is 0 Å². The molecule has 3 nitrogen and oxygen atoms in total. The number of nitrogens with zero attached hydrogens (tertiary/aromatic N) is 1. The standard InChI is InChI=1S/C18H26N2O/c1-2-3-4-16(19)12-13-5-8-17-15(11-13)9-10-20(17)18(21)14-6-7-14/h5,8,11,14,16H,2-4,6-7,9-10,12,19H2,1H3. The number of hydrogen-bond acceptors (Lipinski definition) is 2. The Morgan fingerprint density at radius 1 is 1.43 bits per heavy atom. The van der Waals surface area contributed by atoms with E-state index in [-0.39, 0.29) is 6.04 Å². The molecule has 1 fully saturated rings. The minimum Gasteiger partial charge on any atom is -0.327 e. The van der Waals surface area contributed by atoms with Crippen LogP contribution < -0.4 is 10.6 Å². The van der Waals surface area contributed by atoms with Gasteiger partial charge in [-0.1, -0.05) is 31.9 Å². The molecule has 1 aliphatic carbocycles.